The number of benzene rings is 3. The van der Waals surface area contributed by atoms with Gasteiger partial charge in [-0.05, 0) is 48.0 Å². The van der Waals surface area contributed by atoms with Crippen LogP contribution in [0.2, 0.25) is 0 Å². The van der Waals surface area contributed by atoms with Gasteiger partial charge in [-0.2, -0.15) is 0 Å². The summed E-state index contributed by atoms with van der Waals surface area (Å²) in [6, 6.07) is 20.5. The highest BCUT2D eigenvalue weighted by Crippen LogP contribution is 2.23. The Hall–Kier alpha value is -3.19. The van der Waals surface area contributed by atoms with E-state index in [0.717, 1.165) is 9.87 Å². The lowest BCUT2D eigenvalue weighted by atomic mass is 10.1. The third kappa shape index (κ3) is 4.63. The zero-order valence-corrected chi connectivity index (χ0v) is 16.9. The molecule has 0 heterocycles. The summed E-state index contributed by atoms with van der Waals surface area (Å²) in [5, 5.41) is 0. The molecule has 0 aliphatic heterocycles. The number of amides is 1. The van der Waals surface area contributed by atoms with E-state index < -0.39 is 10.0 Å². The largest absolute Gasteiger partial charge is 0.337 e. The summed E-state index contributed by atoms with van der Waals surface area (Å²) in [7, 11) is -0.640. The average Bonchev–Trinajstić information content (AvgIpc) is 2.75. The Labute approximate surface area is 170 Å². The number of hydrogen-bond donors (Lipinski definition) is 0. The Kier molecular flexibility index (Phi) is 5.98. The van der Waals surface area contributed by atoms with Crippen molar-refractivity contribution < 1.29 is 17.6 Å². The molecule has 0 atom stereocenters. The fourth-order valence-corrected chi connectivity index (χ4v) is 4.09. The molecule has 5 nitrogen and oxygen atoms in total. The molecule has 1 amide bonds. The monoisotopic (exact) mass is 412 g/mol. The highest BCUT2D eigenvalue weighted by atomic mass is 32.2. The van der Waals surface area contributed by atoms with Crippen molar-refractivity contribution in [1.82, 2.24) is 4.90 Å². The molecule has 3 aromatic rings. The summed E-state index contributed by atoms with van der Waals surface area (Å²) in [6.07, 6.45) is 0. The summed E-state index contributed by atoms with van der Waals surface area (Å²) in [5.41, 5.74) is 1.54. The Balaban J connectivity index is 1.81. The third-order valence-corrected chi connectivity index (χ3v) is 6.34. The van der Waals surface area contributed by atoms with Crippen molar-refractivity contribution in [2.45, 2.75) is 11.4 Å². The molecule has 3 aromatic carbocycles. The van der Waals surface area contributed by atoms with Gasteiger partial charge < -0.3 is 4.90 Å². The molecule has 0 aliphatic rings. The second-order valence-corrected chi connectivity index (χ2v) is 8.59. The minimum atomic E-state index is -3.73. The molecule has 0 saturated carbocycles. The molecule has 0 aliphatic carbocycles. The maximum absolute atomic E-state index is 13.1. The molecule has 3 rings (SSSR count). The quantitative estimate of drug-likeness (QED) is 0.617. The van der Waals surface area contributed by atoms with E-state index in [9.17, 15) is 17.6 Å². The first-order valence-electron chi connectivity index (χ1n) is 8.93. The van der Waals surface area contributed by atoms with Crippen LogP contribution in [0.1, 0.15) is 15.9 Å². The third-order valence-electron chi connectivity index (χ3n) is 4.54. The molecular weight excluding hydrogens is 391 g/mol. The van der Waals surface area contributed by atoms with E-state index in [4.69, 9.17) is 0 Å². The predicted molar refractivity (Wildman–Crippen MR) is 111 cm³/mol. The van der Waals surface area contributed by atoms with Gasteiger partial charge in [-0.1, -0.05) is 36.4 Å². The average molecular weight is 412 g/mol. The lowest BCUT2D eigenvalue weighted by Gasteiger charge is -2.21. The van der Waals surface area contributed by atoms with Gasteiger partial charge in [0.25, 0.3) is 15.9 Å². The lowest BCUT2D eigenvalue weighted by molar-refractivity contribution is 0.0785. The van der Waals surface area contributed by atoms with Crippen molar-refractivity contribution in [2.75, 3.05) is 18.4 Å². The molecule has 0 bridgehead atoms. The summed E-state index contributed by atoms with van der Waals surface area (Å²) < 4.78 is 39.8. The predicted octanol–water partition coefficient (Wildman–Crippen LogP) is 3.92. The van der Waals surface area contributed by atoms with Crippen molar-refractivity contribution in [3.05, 3.63) is 95.8 Å². The summed E-state index contributed by atoms with van der Waals surface area (Å²) in [6.45, 7) is 0.307. The van der Waals surface area contributed by atoms with E-state index in [0.29, 0.717) is 17.8 Å². The molecule has 0 radical (unpaired) electrons. The Morgan fingerprint density at radius 2 is 1.55 bits per heavy atom. The van der Waals surface area contributed by atoms with Crippen LogP contribution in [0.15, 0.2) is 83.8 Å². The standard InChI is InChI=1S/C22H21FN2O3S/c1-24(16-17-11-13-19(23)14-12-17)22(26)18-7-6-8-20(15-18)25(2)29(27,28)21-9-4-3-5-10-21/h3-15H,16H2,1-2H3. The SMILES string of the molecule is CN(Cc1ccc(F)cc1)C(=O)c1cccc(N(C)S(=O)(=O)c2ccccc2)c1. The van der Waals surface area contributed by atoms with Gasteiger partial charge in [0.2, 0.25) is 0 Å². The molecule has 29 heavy (non-hydrogen) atoms. The van der Waals surface area contributed by atoms with Gasteiger partial charge in [-0.25, -0.2) is 12.8 Å². The van der Waals surface area contributed by atoms with Crippen LogP contribution < -0.4 is 4.31 Å². The first kappa shape index (κ1) is 20.5. The van der Waals surface area contributed by atoms with Crippen molar-refractivity contribution >= 4 is 21.6 Å². The number of hydrogen-bond acceptors (Lipinski definition) is 3. The molecule has 0 N–H and O–H groups in total. The van der Waals surface area contributed by atoms with Crippen LogP contribution in [0, 0.1) is 5.82 Å². The minimum absolute atomic E-state index is 0.174. The second kappa shape index (κ2) is 8.45. The summed E-state index contributed by atoms with van der Waals surface area (Å²) >= 11 is 0. The van der Waals surface area contributed by atoms with Crippen molar-refractivity contribution in [1.29, 1.82) is 0 Å². The number of halogens is 1. The molecule has 7 heteroatoms. The topological polar surface area (TPSA) is 57.7 Å². The first-order valence-corrected chi connectivity index (χ1v) is 10.4. The normalized spacial score (nSPS) is 11.1. The van der Waals surface area contributed by atoms with E-state index in [1.165, 1.54) is 36.2 Å². The Bertz CT molecular complexity index is 1100. The van der Waals surface area contributed by atoms with Crippen LogP contribution in [0.25, 0.3) is 0 Å². The number of anilines is 1. The summed E-state index contributed by atoms with van der Waals surface area (Å²) in [4.78, 5) is 14.5. The van der Waals surface area contributed by atoms with Crippen LogP contribution in [-0.4, -0.2) is 33.3 Å². The van der Waals surface area contributed by atoms with Crippen LogP contribution in [0.5, 0.6) is 0 Å². The van der Waals surface area contributed by atoms with E-state index in [2.05, 4.69) is 0 Å². The maximum Gasteiger partial charge on any atom is 0.264 e. The molecule has 0 unspecified atom stereocenters. The van der Waals surface area contributed by atoms with Crippen LogP contribution in [0.3, 0.4) is 0 Å². The number of carbonyl (C=O) groups excluding carboxylic acids is 1. The van der Waals surface area contributed by atoms with E-state index in [-0.39, 0.29) is 16.6 Å². The molecule has 0 spiro atoms. The van der Waals surface area contributed by atoms with Gasteiger partial charge in [-0.15, -0.1) is 0 Å². The second-order valence-electron chi connectivity index (χ2n) is 6.62. The molecule has 0 saturated heterocycles. The Morgan fingerprint density at radius 1 is 0.897 bits per heavy atom. The summed E-state index contributed by atoms with van der Waals surface area (Å²) in [5.74, 6) is -0.597. The molecular formula is C22H21FN2O3S. The van der Waals surface area contributed by atoms with Gasteiger partial charge in [0.05, 0.1) is 10.6 Å². The first-order chi connectivity index (χ1) is 13.8. The minimum Gasteiger partial charge on any atom is -0.337 e. The fraction of sp³-hybridized carbons (Fsp3) is 0.136. The highest BCUT2D eigenvalue weighted by Gasteiger charge is 2.22. The van der Waals surface area contributed by atoms with Gasteiger partial charge in [0.1, 0.15) is 5.82 Å². The van der Waals surface area contributed by atoms with Crippen molar-refractivity contribution in [3.8, 4) is 0 Å². The lowest BCUT2D eigenvalue weighted by Crippen LogP contribution is -2.28. The van der Waals surface area contributed by atoms with Crippen molar-refractivity contribution in [3.63, 3.8) is 0 Å². The van der Waals surface area contributed by atoms with E-state index in [1.807, 2.05) is 0 Å². The Morgan fingerprint density at radius 3 is 2.21 bits per heavy atom. The highest BCUT2D eigenvalue weighted by molar-refractivity contribution is 7.92. The smallest absolute Gasteiger partial charge is 0.264 e. The zero-order chi connectivity index (χ0) is 21.0. The van der Waals surface area contributed by atoms with Crippen molar-refractivity contribution in [2.24, 2.45) is 0 Å². The fourth-order valence-electron chi connectivity index (χ4n) is 2.88. The van der Waals surface area contributed by atoms with Crippen LogP contribution >= 0.6 is 0 Å². The number of sulfonamides is 1. The number of carbonyl (C=O) groups is 1. The maximum atomic E-state index is 13.1. The van der Waals surface area contributed by atoms with Gasteiger partial charge >= 0.3 is 0 Å². The van der Waals surface area contributed by atoms with Gasteiger partial charge in [0.15, 0.2) is 0 Å². The van der Waals surface area contributed by atoms with E-state index >= 15 is 0 Å². The molecule has 150 valence electrons. The number of rotatable bonds is 6. The number of nitrogens with zero attached hydrogens (tertiary/aromatic N) is 2. The molecule has 0 aromatic heterocycles. The van der Waals surface area contributed by atoms with Crippen LogP contribution in [-0.2, 0) is 16.6 Å². The van der Waals surface area contributed by atoms with Gasteiger partial charge in [-0.3, -0.25) is 9.10 Å². The zero-order valence-electron chi connectivity index (χ0n) is 16.1. The van der Waals surface area contributed by atoms with E-state index in [1.54, 1.807) is 61.6 Å². The van der Waals surface area contributed by atoms with Gasteiger partial charge in [0, 0.05) is 26.2 Å². The molecule has 0 fully saturated rings. The van der Waals surface area contributed by atoms with Crippen LogP contribution in [0.4, 0.5) is 10.1 Å².